The van der Waals surface area contributed by atoms with Crippen LogP contribution >= 0.6 is 24.0 Å². The molecule has 2 aromatic carbocycles. The topological polar surface area (TPSA) is 66.8 Å². The SMILES string of the molecule is COc1ccccc1/C=C1\SC(=S)N(C(Cc2ccccc2)C(=O)O)C1=O. The summed E-state index contributed by atoms with van der Waals surface area (Å²) in [6.45, 7) is 0. The molecular weight excluding hydrogens is 382 g/mol. The maximum absolute atomic E-state index is 12.9. The van der Waals surface area contributed by atoms with Gasteiger partial charge in [-0.05, 0) is 17.7 Å². The van der Waals surface area contributed by atoms with Gasteiger partial charge in [0.1, 0.15) is 16.1 Å². The van der Waals surface area contributed by atoms with Crippen molar-refractivity contribution in [3.8, 4) is 5.75 Å². The van der Waals surface area contributed by atoms with Crippen LogP contribution in [-0.4, -0.2) is 39.4 Å². The lowest BCUT2D eigenvalue weighted by Crippen LogP contribution is -2.45. The summed E-state index contributed by atoms with van der Waals surface area (Å²) in [7, 11) is 1.55. The summed E-state index contributed by atoms with van der Waals surface area (Å²) >= 11 is 6.42. The van der Waals surface area contributed by atoms with Gasteiger partial charge in [0.05, 0.1) is 12.0 Å². The number of methoxy groups -OCH3 is 1. The van der Waals surface area contributed by atoms with Crippen LogP contribution in [0.15, 0.2) is 59.5 Å². The first kappa shape index (κ1) is 19.1. The van der Waals surface area contributed by atoms with E-state index in [4.69, 9.17) is 17.0 Å². The number of thiocarbonyl (C=S) groups is 1. The number of carbonyl (C=O) groups is 2. The lowest BCUT2D eigenvalue weighted by atomic mass is 10.0. The maximum atomic E-state index is 12.9. The number of para-hydroxylation sites is 1. The number of benzene rings is 2. The van der Waals surface area contributed by atoms with E-state index in [1.807, 2.05) is 48.5 Å². The molecule has 0 bridgehead atoms. The number of hydrogen-bond donors (Lipinski definition) is 1. The Morgan fingerprint density at radius 3 is 2.56 bits per heavy atom. The Hall–Kier alpha value is -2.64. The fraction of sp³-hybridized carbons (Fsp3) is 0.150. The molecule has 2 aromatic rings. The predicted octanol–water partition coefficient (Wildman–Crippen LogP) is 3.59. The third-order valence-corrected chi connectivity index (χ3v) is 5.45. The second-order valence-corrected chi connectivity index (χ2v) is 7.51. The normalized spacial score (nSPS) is 16.6. The molecule has 1 saturated heterocycles. The molecule has 1 amide bonds. The van der Waals surface area contributed by atoms with Gasteiger partial charge in [-0.15, -0.1) is 0 Å². The van der Waals surface area contributed by atoms with Gasteiger partial charge >= 0.3 is 5.97 Å². The first-order valence-corrected chi connectivity index (χ1v) is 9.40. The molecular formula is C20H17NO4S2. The van der Waals surface area contributed by atoms with Crippen molar-refractivity contribution in [2.45, 2.75) is 12.5 Å². The lowest BCUT2D eigenvalue weighted by Gasteiger charge is -2.23. The van der Waals surface area contributed by atoms with E-state index in [1.54, 1.807) is 19.3 Å². The first-order chi connectivity index (χ1) is 13.0. The molecule has 0 spiro atoms. The van der Waals surface area contributed by atoms with E-state index in [9.17, 15) is 14.7 Å². The van der Waals surface area contributed by atoms with E-state index in [2.05, 4.69) is 0 Å². The van der Waals surface area contributed by atoms with Gasteiger partial charge in [-0.2, -0.15) is 0 Å². The molecule has 1 N–H and O–H groups in total. The average molecular weight is 399 g/mol. The number of aliphatic carboxylic acids is 1. The molecule has 1 atom stereocenters. The van der Waals surface area contributed by atoms with Crippen molar-refractivity contribution in [2.24, 2.45) is 0 Å². The summed E-state index contributed by atoms with van der Waals surface area (Å²) in [5.74, 6) is -0.866. The summed E-state index contributed by atoms with van der Waals surface area (Å²) in [4.78, 5) is 26.3. The molecule has 7 heteroatoms. The molecule has 0 aromatic heterocycles. The zero-order valence-electron chi connectivity index (χ0n) is 14.5. The van der Waals surface area contributed by atoms with Gasteiger partial charge in [0.2, 0.25) is 0 Å². The Balaban J connectivity index is 1.90. The molecule has 5 nitrogen and oxygen atoms in total. The number of thioether (sulfide) groups is 1. The number of amides is 1. The maximum Gasteiger partial charge on any atom is 0.327 e. The van der Waals surface area contributed by atoms with Gasteiger partial charge in [-0.1, -0.05) is 72.5 Å². The van der Waals surface area contributed by atoms with Crippen molar-refractivity contribution < 1.29 is 19.4 Å². The predicted molar refractivity (Wildman–Crippen MR) is 110 cm³/mol. The number of ether oxygens (including phenoxy) is 1. The fourth-order valence-corrected chi connectivity index (χ4v) is 4.15. The van der Waals surface area contributed by atoms with Crippen molar-refractivity contribution in [2.75, 3.05) is 7.11 Å². The molecule has 1 heterocycles. The first-order valence-electron chi connectivity index (χ1n) is 8.18. The highest BCUT2D eigenvalue weighted by Crippen LogP contribution is 2.36. The summed E-state index contributed by atoms with van der Waals surface area (Å²) < 4.78 is 5.54. The highest BCUT2D eigenvalue weighted by molar-refractivity contribution is 8.26. The van der Waals surface area contributed by atoms with E-state index < -0.39 is 17.9 Å². The van der Waals surface area contributed by atoms with Crippen LogP contribution < -0.4 is 4.74 Å². The van der Waals surface area contributed by atoms with Crippen molar-refractivity contribution in [1.82, 2.24) is 4.90 Å². The van der Waals surface area contributed by atoms with E-state index in [0.717, 1.165) is 22.9 Å². The highest BCUT2D eigenvalue weighted by atomic mass is 32.2. The standard InChI is InChI=1S/C20H17NO4S2/c1-25-16-10-6-5-9-14(16)12-17-18(22)21(20(26)27-17)15(19(23)24)11-13-7-3-2-4-8-13/h2-10,12,15H,11H2,1H3,(H,23,24)/b17-12-. The fourth-order valence-electron chi connectivity index (χ4n) is 2.80. The molecule has 1 fully saturated rings. The minimum Gasteiger partial charge on any atom is -0.496 e. The van der Waals surface area contributed by atoms with Crippen LogP contribution in [0.5, 0.6) is 5.75 Å². The van der Waals surface area contributed by atoms with Crippen LogP contribution in [0, 0.1) is 0 Å². The molecule has 0 saturated carbocycles. The van der Waals surface area contributed by atoms with Gasteiger partial charge in [0, 0.05) is 12.0 Å². The van der Waals surface area contributed by atoms with Gasteiger partial charge < -0.3 is 9.84 Å². The number of nitrogens with zero attached hydrogens (tertiary/aromatic N) is 1. The van der Waals surface area contributed by atoms with Crippen LogP contribution in [0.3, 0.4) is 0 Å². The average Bonchev–Trinajstić information content (AvgIpc) is 2.94. The number of carbonyl (C=O) groups excluding carboxylic acids is 1. The number of rotatable bonds is 6. The Bertz CT molecular complexity index is 911. The monoisotopic (exact) mass is 399 g/mol. The summed E-state index contributed by atoms with van der Waals surface area (Å²) in [6.07, 6.45) is 1.87. The van der Waals surface area contributed by atoms with Gasteiger partial charge in [-0.3, -0.25) is 9.69 Å². The molecule has 138 valence electrons. The zero-order valence-corrected chi connectivity index (χ0v) is 16.1. The van der Waals surface area contributed by atoms with Crippen molar-refractivity contribution in [3.05, 3.63) is 70.6 Å². The number of carboxylic acids is 1. The van der Waals surface area contributed by atoms with Crippen LogP contribution in [-0.2, 0) is 16.0 Å². The van der Waals surface area contributed by atoms with Gasteiger partial charge in [-0.25, -0.2) is 4.79 Å². The second kappa shape index (κ2) is 8.37. The third kappa shape index (κ3) is 4.20. The van der Waals surface area contributed by atoms with Gasteiger partial charge in [0.25, 0.3) is 5.91 Å². The quantitative estimate of drug-likeness (QED) is 0.591. The van der Waals surface area contributed by atoms with Crippen molar-refractivity contribution >= 4 is 46.3 Å². The second-order valence-electron chi connectivity index (χ2n) is 5.84. The van der Waals surface area contributed by atoms with Crippen LogP contribution in [0.25, 0.3) is 6.08 Å². The summed E-state index contributed by atoms with van der Waals surface area (Å²) in [5, 5.41) is 9.69. The van der Waals surface area contributed by atoms with Gasteiger partial charge in [0.15, 0.2) is 0 Å². The molecule has 1 aliphatic heterocycles. The molecule has 0 aliphatic carbocycles. The third-order valence-electron chi connectivity index (χ3n) is 4.12. The van der Waals surface area contributed by atoms with Crippen molar-refractivity contribution in [3.63, 3.8) is 0 Å². The van der Waals surface area contributed by atoms with E-state index in [0.29, 0.717) is 10.7 Å². The Kier molecular flexibility index (Phi) is 5.93. The number of hydrogen-bond acceptors (Lipinski definition) is 5. The molecule has 1 unspecified atom stereocenters. The lowest BCUT2D eigenvalue weighted by molar-refractivity contribution is -0.145. The Labute approximate surface area is 166 Å². The van der Waals surface area contributed by atoms with E-state index >= 15 is 0 Å². The molecule has 3 rings (SSSR count). The summed E-state index contributed by atoms with van der Waals surface area (Å²) in [5.41, 5.74) is 1.56. The van der Waals surface area contributed by atoms with E-state index in [-0.39, 0.29) is 10.7 Å². The minimum atomic E-state index is -1.09. The van der Waals surface area contributed by atoms with Crippen LogP contribution in [0.1, 0.15) is 11.1 Å². The van der Waals surface area contributed by atoms with Crippen molar-refractivity contribution in [1.29, 1.82) is 0 Å². The minimum absolute atomic E-state index is 0.185. The van der Waals surface area contributed by atoms with Crippen LogP contribution in [0.4, 0.5) is 0 Å². The smallest absolute Gasteiger partial charge is 0.327 e. The molecule has 27 heavy (non-hydrogen) atoms. The summed E-state index contributed by atoms with van der Waals surface area (Å²) in [6, 6.07) is 15.4. The highest BCUT2D eigenvalue weighted by Gasteiger charge is 2.40. The van der Waals surface area contributed by atoms with E-state index in [1.165, 1.54) is 4.90 Å². The van der Waals surface area contributed by atoms with Crippen LogP contribution in [0.2, 0.25) is 0 Å². The Morgan fingerprint density at radius 1 is 1.22 bits per heavy atom. The Morgan fingerprint density at radius 2 is 1.89 bits per heavy atom. The molecule has 0 radical (unpaired) electrons. The zero-order chi connectivity index (χ0) is 19.4. The largest absolute Gasteiger partial charge is 0.496 e. The number of carboxylic acid groups (broad SMARTS) is 1. The molecule has 1 aliphatic rings.